The van der Waals surface area contributed by atoms with Gasteiger partial charge in [-0.15, -0.1) is 0 Å². The van der Waals surface area contributed by atoms with Crippen LogP contribution in [0.4, 0.5) is 4.79 Å². The highest BCUT2D eigenvalue weighted by Gasteiger charge is 2.24. The molecule has 1 saturated heterocycles. The number of aliphatic hydroxyl groups is 1. The second-order valence-electron chi connectivity index (χ2n) is 6.45. The summed E-state index contributed by atoms with van der Waals surface area (Å²) >= 11 is 0. The molecule has 0 aromatic rings. The molecule has 5 heteroatoms. The van der Waals surface area contributed by atoms with Gasteiger partial charge >= 0.3 is 6.09 Å². The van der Waals surface area contributed by atoms with E-state index >= 15 is 0 Å². The molecule has 0 aliphatic carbocycles. The highest BCUT2D eigenvalue weighted by molar-refractivity contribution is 5.68. The maximum Gasteiger partial charge on any atom is 0.410 e. The minimum atomic E-state index is -0.423. The van der Waals surface area contributed by atoms with Crippen LogP contribution in [0.15, 0.2) is 0 Å². The molecule has 1 aliphatic heterocycles. The number of carbonyl (C=O) groups excluding carboxylic acids is 1. The SMILES string of the molecule is CC(C)(C)OC(=O)N1CCCN(CCCCCO)CC1. The maximum atomic E-state index is 12.0. The van der Waals surface area contributed by atoms with Gasteiger partial charge in [-0.25, -0.2) is 4.79 Å². The summed E-state index contributed by atoms with van der Waals surface area (Å²) in [6.07, 6.45) is 3.88. The predicted molar refractivity (Wildman–Crippen MR) is 79.8 cm³/mol. The Kier molecular flexibility index (Phi) is 7.30. The fourth-order valence-corrected chi connectivity index (χ4v) is 2.33. The summed E-state index contributed by atoms with van der Waals surface area (Å²) in [5, 5.41) is 8.77. The molecule has 1 N–H and O–H groups in total. The Hall–Kier alpha value is -0.810. The summed E-state index contributed by atoms with van der Waals surface area (Å²) in [5.74, 6) is 0. The highest BCUT2D eigenvalue weighted by atomic mass is 16.6. The lowest BCUT2D eigenvalue weighted by Gasteiger charge is -2.26. The average molecular weight is 286 g/mol. The molecule has 1 rings (SSSR count). The van der Waals surface area contributed by atoms with Gasteiger partial charge in [0.05, 0.1) is 0 Å². The van der Waals surface area contributed by atoms with E-state index in [2.05, 4.69) is 4.90 Å². The number of unbranched alkanes of at least 4 members (excludes halogenated alkanes) is 2. The van der Waals surface area contributed by atoms with Crippen LogP contribution in [0.1, 0.15) is 46.5 Å². The number of aliphatic hydroxyl groups excluding tert-OH is 1. The Morgan fingerprint density at radius 2 is 1.85 bits per heavy atom. The molecule has 5 nitrogen and oxygen atoms in total. The molecule has 0 unspecified atom stereocenters. The lowest BCUT2D eigenvalue weighted by molar-refractivity contribution is 0.0257. The Labute approximate surface area is 122 Å². The molecule has 0 bridgehead atoms. The first-order valence-electron chi connectivity index (χ1n) is 7.73. The first-order valence-corrected chi connectivity index (χ1v) is 7.73. The van der Waals surface area contributed by atoms with E-state index in [4.69, 9.17) is 9.84 Å². The summed E-state index contributed by atoms with van der Waals surface area (Å²) < 4.78 is 5.42. The van der Waals surface area contributed by atoms with Crippen molar-refractivity contribution < 1.29 is 14.6 Å². The maximum absolute atomic E-state index is 12.0. The van der Waals surface area contributed by atoms with Gasteiger partial charge in [0.1, 0.15) is 5.60 Å². The molecule has 0 atom stereocenters. The number of hydrogen-bond acceptors (Lipinski definition) is 4. The summed E-state index contributed by atoms with van der Waals surface area (Å²) in [6.45, 7) is 10.5. The second kappa shape index (κ2) is 8.47. The molecule has 118 valence electrons. The lowest BCUT2D eigenvalue weighted by Crippen LogP contribution is -2.39. The zero-order chi connectivity index (χ0) is 15.0. The fraction of sp³-hybridized carbons (Fsp3) is 0.933. The van der Waals surface area contributed by atoms with Gasteiger partial charge in [0.2, 0.25) is 0 Å². The molecule has 1 fully saturated rings. The van der Waals surface area contributed by atoms with Crippen molar-refractivity contribution in [3.63, 3.8) is 0 Å². The number of amides is 1. The Balaban J connectivity index is 2.30. The quantitative estimate of drug-likeness (QED) is 0.786. The number of ether oxygens (including phenoxy) is 1. The molecule has 1 amide bonds. The van der Waals surface area contributed by atoms with E-state index < -0.39 is 5.60 Å². The molecule has 0 aromatic heterocycles. The number of hydrogen-bond donors (Lipinski definition) is 1. The molecule has 0 radical (unpaired) electrons. The Bertz CT molecular complexity index is 289. The largest absolute Gasteiger partial charge is 0.444 e. The van der Waals surface area contributed by atoms with Crippen molar-refractivity contribution in [2.24, 2.45) is 0 Å². The summed E-state index contributed by atoms with van der Waals surface area (Å²) in [6, 6.07) is 0. The zero-order valence-corrected chi connectivity index (χ0v) is 13.2. The first-order chi connectivity index (χ1) is 9.42. The Morgan fingerprint density at radius 3 is 2.50 bits per heavy atom. The standard InChI is InChI=1S/C15H30N2O3/c1-15(2,3)20-14(19)17-10-7-9-16(11-12-17)8-5-4-6-13-18/h18H,4-13H2,1-3H3. The topological polar surface area (TPSA) is 53.0 Å². The van der Waals surface area contributed by atoms with Crippen molar-refractivity contribution in [2.75, 3.05) is 39.3 Å². The van der Waals surface area contributed by atoms with Crippen molar-refractivity contribution in [1.29, 1.82) is 0 Å². The molecule has 0 spiro atoms. The van der Waals surface area contributed by atoms with Gasteiger partial charge < -0.3 is 19.6 Å². The van der Waals surface area contributed by atoms with Gasteiger partial charge in [-0.05, 0) is 59.5 Å². The monoisotopic (exact) mass is 286 g/mol. The third-order valence-corrected chi connectivity index (χ3v) is 3.37. The normalized spacial score (nSPS) is 17.9. The Morgan fingerprint density at radius 1 is 1.10 bits per heavy atom. The van der Waals surface area contributed by atoms with E-state index in [0.717, 1.165) is 58.4 Å². The van der Waals surface area contributed by atoms with Crippen LogP contribution in [-0.2, 0) is 4.74 Å². The predicted octanol–water partition coefficient (Wildman–Crippen LogP) is 2.09. The van der Waals surface area contributed by atoms with Crippen LogP contribution in [0.25, 0.3) is 0 Å². The van der Waals surface area contributed by atoms with Gasteiger partial charge in [-0.1, -0.05) is 0 Å². The minimum absolute atomic E-state index is 0.195. The van der Waals surface area contributed by atoms with Crippen molar-refractivity contribution >= 4 is 6.09 Å². The zero-order valence-electron chi connectivity index (χ0n) is 13.2. The van der Waals surface area contributed by atoms with Gasteiger partial charge in [0.25, 0.3) is 0 Å². The molecule has 20 heavy (non-hydrogen) atoms. The smallest absolute Gasteiger partial charge is 0.410 e. The van der Waals surface area contributed by atoms with Crippen LogP contribution in [0, 0.1) is 0 Å². The van der Waals surface area contributed by atoms with Gasteiger partial charge in [-0.3, -0.25) is 0 Å². The highest BCUT2D eigenvalue weighted by Crippen LogP contribution is 2.12. The van der Waals surface area contributed by atoms with E-state index in [1.807, 2.05) is 25.7 Å². The van der Waals surface area contributed by atoms with Gasteiger partial charge in [0, 0.05) is 26.2 Å². The third kappa shape index (κ3) is 7.10. The number of nitrogens with zero attached hydrogens (tertiary/aromatic N) is 2. The summed E-state index contributed by atoms with van der Waals surface area (Å²) in [4.78, 5) is 16.3. The van der Waals surface area contributed by atoms with Crippen LogP contribution in [0.5, 0.6) is 0 Å². The van der Waals surface area contributed by atoms with Crippen molar-refractivity contribution in [3.8, 4) is 0 Å². The van der Waals surface area contributed by atoms with E-state index in [9.17, 15) is 4.79 Å². The van der Waals surface area contributed by atoms with Crippen LogP contribution in [0.2, 0.25) is 0 Å². The number of carbonyl (C=O) groups is 1. The first kappa shape index (κ1) is 17.2. The minimum Gasteiger partial charge on any atom is -0.444 e. The van der Waals surface area contributed by atoms with Crippen LogP contribution in [-0.4, -0.2) is 65.9 Å². The second-order valence-corrected chi connectivity index (χ2v) is 6.45. The van der Waals surface area contributed by atoms with E-state index in [-0.39, 0.29) is 12.7 Å². The average Bonchev–Trinajstić information content (AvgIpc) is 2.58. The van der Waals surface area contributed by atoms with Crippen molar-refractivity contribution in [1.82, 2.24) is 9.80 Å². The number of rotatable bonds is 5. The summed E-state index contributed by atoms with van der Waals surface area (Å²) in [5.41, 5.74) is -0.423. The molecule has 1 aliphatic rings. The molecule has 0 aromatic carbocycles. The van der Waals surface area contributed by atoms with Crippen LogP contribution < -0.4 is 0 Å². The van der Waals surface area contributed by atoms with Gasteiger partial charge in [0.15, 0.2) is 0 Å². The third-order valence-electron chi connectivity index (χ3n) is 3.37. The van der Waals surface area contributed by atoms with Crippen molar-refractivity contribution in [2.45, 2.75) is 52.1 Å². The lowest BCUT2D eigenvalue weighted by atomic mass is 10.2. The van der Waals surface area contributed by atoms with Gasteiger partial charge in [-0.2, -0.15) is 0 Å². The van der Waals surface area contributed by atoms with Crippen LogP contribution in [0.3, 0.4) is 0 Å². The summed E-state index contributed by atoms with van der Waals surface area (Å²) in [7, 11) is 0. The molecule has 1 heterocycles. The molecule has 0 saturated carbocycles. The van der Waals surface area contributed by atoms with Crippen molar-refractivity contribution in [3.05, 3.63) is 0 Å². The van der Waals surface area contributed by atoms with E-state index in [1.165, 1.54) is 0 Å². The van der Waals surface area contributed by atoms with E-state index in [0.29, 0.717) is 0 Å². The molecular weight excluding hydrogens is 256 g/mol. The van der Waals surface area contributed by atoms with E-state index in [1.54, 1.807) is 0 Å². The molecular formula is C15H30N2O3. The van der Waals surface area contributed by atoms with Crippen LogP contribution >= 0.6 is 0 Å². The fourth-order valence-electron chi connectivity index (χ4n) is 2.33.